The van der Waals surface area contributed by atoms with Gasteiger partial charge in [0.1, 0.15) is 12.0 Å². The number of aliphatic hydroxyl groups is 1. The molecule has 0 radical (unpaired) electrons. The van der Waals surface area contributed by atoms with Crippen molar-refractivity contribution in [2.24, 2.45) is 5.92 Å². The Kier molecular flexibility index (Phi) is 6.47. The van der Waals surface area contributed by atoms with Crippen LogP contribution in [0.3, 0.4) is 0 Å². The summed E-state index contributed by atoms with van der Waals surface area (Å²) in [6.45, 7) is 0. The second kappa shape index (κ2) is 9.01. The average Bonchev–Trinajstić information content (AvgIpc) is 2.70. The van der Waals surface area contributed by atoms with Gasteiger partial charge in [-0.1, -0.05) is 30.9 Å². The van der Waals surface area contributed by atoms with Crippen molar-refractivity contribution in [3.63, 3.8) is 0 Å². The van der Waals surface area contributed by atoms with Gasteiger partial charge in [0, 0.05) is 25.2 Å². The Labute approximate surface area is 163 Å². The van der Waals surface area contributed by atoms with Crippen LogP contribution in [0.15, 0.2) is 30.5 Å². The minimum Gasteiger partial charge on any atom is -0.439 e. The van der Waals surface area contributed by atoms with Crippen LogP contribution in [0.1, 0.15) is 42.5 Å². The molecular formula is C19H23ClN4O3. The molecule has 1 unspecified atom stereocenters. The predicted molar refractivity (Wildman–Crippen MR) is 103 cm³/mol. The number of nitrogens with one attached hydrogen (secondary N) is 2. The van der Waals surface area contributed by atoms with E-state index >= 15 is 0 Å². The number of rotatable bonds is 6. The average molecular weight is 391 g/mol. The molecule has 7 nitrogen and oxygen atoms in total. The number of carbonyl (C=O) groups is 1. The van der Waals surface area contributed by atoms with Crippen molar-refractivity contribution >= 4 is 23.5 Å². The first-order valence-electron chi connectivity index (χ1n) is 9.04. The summed E-state index contributed by atoms with van der Waals surface area (Å²) in [6, 6.07) is 6.38. The number of aliphatic hydroxyl groups excluding tert-OH is 1. The van der Waals surface area contributed by atoms with E-state index in [0.29, 0.717) is 17.6 Å². The first kappa shape index (κ1) is 19.4. The number of hydrogen-bond donors (Lipinski definition) is 3. The van der Waals surface area contributed by atoms with Crippen molar-refractivity contribution in [3.05, 3.63) is 41.0 Å². The lowest BCUT2D eigenvalue weighted by atomic mass is 9.88. The number of anilines is 1. The fraction of sp³-hybridized carbons (Fsp3) is 0.421. The van der Waals surface area contributed by atoms with Gasteiger partial charge in [0.2, 0.25) is 11.8 Å². The molecule has 27 heavy (non-hydrogen) atoms. The number of amides is 1. The van der Waals surface area contributed by atoms with Crippen LogP contribution >= 0.6 is 11.6 Å². The van der Waals surface area contributed by atoms with Crippen LogP contribution in [0.4, 0.5) is 5.95 Å². The molecule has 3 N–H and O–H groups in total. The summed E-state index contributed by atoms with van der Waals surface area (Å²) in [6.07, 6.45) is 5.86. The first-order chi connectivity index (χ1) is 13.1. The minimum absolute atomic E-state index is 0.0851. The number of hydrogen-bond acceptors (Lipinski definition) is 6. The molecule has 1 atom stereocenters. The number of halogens is 1. The minimum atomic E-state index is -0.876. The van der Waals surface area contributed by atoms with Gasteiger partial charge in [-0.25, -0.2) is 4.98 Å². The maximum atomic E-state index is 12.6. The van der Waals surface area contributed by atoms with Gasteiger partial charge in [-0.05, 0) is 31.0 Å². The molecule has 1 aliphatic carbocycles. The summed E-state index contributed by atoms with van der Waals surface area (Å²) in [5.41, 5.74) is 0.243. The second-order valence-electron chi connectivity index (χ2n) is 6.53. The topological polar surface area (TPSA) is 96.4 Å². The van der Waals surface area contributed by atoms with E-state index in [9.17, 15) is 9.90 Å². The van der Waals surface area contributed by atoms with E-state index in [2.05, 4.69) is 20.6 Å². The zero-order valence-corrected chi connectivity index (χ0v) is 15.9. The normalized spacial score (nSPS) is 15.8. The number of aromatic nitrogens is 2. The number of ether oxygens (including phenoxy) is 1. The first-order valence-corrected chi connectivity index (χ1v) is 9.42. The fourth-order valence-electron chi connectivity index (χ4n) is 3.16. The van der Waals surface area contributed by atoms with E-state index in [1.54, 1.807) is 31.4 Å². The summed E-state index contributed by atoms with van der Waals surface area (Å²) in [7, 11) is 1.71. The molecule has 0 saturated heterocycles. The largest absolute Gasteiger partial charge is 0.439 e. The molecule has 1 saturated carbocycles. The SMILES string of the molecule is CNc1nccc(Oc2ccc(Cl)c(C(=O)NC(O)C3CCCCC3)c2)n1. The zero-order valence-electron chi connectivity index (χ0n) is 15.1. The van der Waals surface area contributed by atoms with Crippen LogP contribution in [0.5, 0.6) is 11.6 Å². The molecule has 1 aliphatic rings. The Morgan fingerprint density at radius 2 is 2.07 bits per heavy atom. The summed E-state index contributed by atoms with van der Waals surface area (Å²) >= 11 is 6.18. The molecule has 1 amide bonds. The third-order valence-corrected chi connectivity index (χ3v) is 4.96. The Morgan fingerprint density at radius 1 is 1.30 bits per heavy atom. The fourth-order valence-corrected chi connectivity index (χ4v) is 3.37. The van der Waals surface area contributed by atoms with E-state index < -0.39 is 12.1 Å². The molecule has 8 heteroatoms. The molecule has 144 valence electrons. The summed E-state index contributed by atoms with van der Waals surface area (Å²) in [5, 5.41) is 16.1. The van der Waals surface area contributed by atoms with Gasteiger partial charge in [-0.15, -0.1) is 0 Å². The van der Waals surface area contributed by atoms with Crippen molar-refractivity contribution in [1.29, 1.82) is 0 Å². The highest BCUT2D eigenvalue weighted by Crippen LogP contribution is 2.28. The van der Waals surface area contributed by atoms with Crippen molar-refractivity contribution in [2.45, 2.75) is 38.3 Å². The van der Waals surface area contributed by atoms with Crippen molar-refractivity contribution in [2.75, 3.05) is 12.4 Å². The molecule has 1 heterocycles. The third kappa shape index (κ3) is 5.08. The predicted octanol–water partition coefficient (Wildman–Crippen LogP) is 3.59. The van der Waals surface area contributed by atoms with Crippen LogP contribution in [0.2, 0.25) is 5.02 Å². The highest BCUT2D eigenvalue weighted by atomic mass is 35.5. The standard InChI is InChI=1S/C19H23ClN4O3/c1-21-19-22-10-9-16(23-19)27-13-7-8-15(20)14(11-13)18(26)24-17(25)12-5-3-2-4-6-12/h7-12,17,25H,2-6H2,1H3,(H,24,26)(H,21,22,23). The molecule has 0 spiro atoms. The molecule has 0 bridgehead atoms. The quantitative estimate of drug-likeness (QED) is 0.652. The van der Waals surface area contributed by atoms with Crippen LogP contribution < -0.4 is 15.4 Å². The molecule has 1 aromatic carbocycles. The lowest BCUT2D eigenvalue weighted by Crippen LogP contribution is -2.41. The monoisotopic (exact) mass is 390 g/mol. The van der Waals surface area contributed by atoms with Gasteiger partial charge in [-0.3, -0.25) is 4.79 Å². The maximum Gasteiger partial charge on any atom is 0.254 e. The Balaban J connectivity index is 1.71. The molecule has 1 aromatic heterocycles. The number of nitrogens with zero attached hydrogens (tertiary/aromatic N) is 2. The summed E-state index contributed by atoms with van der Waals surface area (Å²) in [5.74, 6) is 0.835. The van der Waals surface area contributed by atoms with Crippen molar-refractivity contribution < 1.29 is 14.6 Å². The number of carbonyl (C=O) groups excluding carboxylic acids is 1. The molecule has 2 aromatic rings. The molecule has 1 fully saturated rings. The summed E-state index contributed by atoms with van der Waals surface area (Å²) < 4.78 is 5.70. The summed E-state index contributed by atoms with van der Waals surface area (Å²) in [4.78, 5) is 20.8. The van der Waals surface area contributed by atoms with E-state index in [-0.39, 0.29) is 16.5 Å². The highest BCUT2D eigenvalue weighted by molar-refractivity contribution is 6.33. The van der Waals surface area contributed by atoms with Gasteiger partial charge >= 0.3 is 0 Å². The Hall–Kier alpha value is -2.38. The Morgan fingerprint density at radius 3 is 2.81 bits per heavy atom. The van der Waals surface area contributed by atoms with Crippen LogP contribution in [0, 0.1) is 5.92 Å². The second-order valence-corrected chi connectivity index (χ2v) is 6.94. The van der Waals surface area contributed by atoms with Crippen molar-refractivity contribution in [1.82, 2.24) is 15.3 Å². The van der Waals surface area contributed by atoms with Gasteiger partial charge in [0.05, 0.1) is 10.6 Å². The molecular weight excluding hydrogens is 368 g/mol. The highest BCUT2D eigenvalue weighted by Gasteiger charge is 2.24. The van der Waals surface area contributed by atoms with Gasteiger partial charge in [0.15, 0.2) is 0 Å². The smallest absolute Gasteiger partial charge is 0.254 e. The number of benzene rings is 1. The Bertz CT molecular complexity index is 796. The zero-order chi connectivity index (χ0) is 19.2. The van der Waals surface area contributed by atoms with Gasteiger partial charge < -0.3 is 20.5 Å². The van der Waals surface area contributed by atoms with Crippen molar-refractivity contribution in [3.8, 4) is 11.6 Å². The lowest BCUT2D eigenvalue weighted by Gasteiger charge is -2.27. The van der Waals surface area contributed by atoms with E-state index in [1.165, 1.54) is 12.5 Å². The maximum absolute atomic E-state index is 12.6. The lowest BCUT2D eigenvalue weighted by molar-refractivity contribution is 0.0463. The van der Waals surface area contributed by atoms with Crippen LogP contribution in [0.25, 0.3) is 0 Å². The molecule has 0 aliphatic heterocycles. The van der Waals surface area contributed by atoms with Crippen LogP contribution in [-0.4, -0.2) is 34.3 Å². The van der Waals surface area contributed by atoms with E-state index in [0.717, 1.165) is 25.7 Å². The third-order valence-electron chi connectivity index (χ3n) is 4.63. The van der Waals surface area contributed by atoms with Gasteiger partial charge in [0.25, 0.3) is 5.91 Å². The van der Waals surface area contributed by atoms with Gasteiger partial charge in [-0.2, -0.15) is 4.98 Å². The van der Waals surface area contributed by atoms with Crippen LogP contribution in [-0.2, 0) is 0 Å². The molecule has 3 rings (SSSR count). The van der Waals surface area contributed by atoms with E-state index in [1.807, 2.05) is 0 Å². The van der Waals surface area contributed by atoms with E-state index in [4.69, 9.17) is 16.3 Å².